The van der Waals surface area contributed by atoms with Crippen LogP contribution in [0.15, 0.2) is 48.8 Å². The predicted octanol–water partition coefficient (Wildman–Crippen LogP) is 4.98. The summed E-state index contributed by atoms with van der Waals surface area (Å²) in [5.41, 5.74) is 2.00. The van der Waals surface area contributed by atoms with Crippen LogP contribution in [0.25, 0.3) is 11.2 Å². The average Bonchev–Trinajstić information content (AvgIpc) is 3.61. The van der Waals surface area contributed by atoms with Crippen LogP contribution in [0.3, 0.4) is 0 Å². The number of ether oxygens (including phenoxy) is 4. The molecule has 0 spiro atoms. The smallest absolute Gasteiger partial charge is 0.173 e. The molecule has 9 nitrogen and oxygen atoms in total. The third kappa shape index (κ3) is 5.46. The van der Waals surface area contributed by atoms with E-state index in [2.05, 4.69) is 23.8 Å². The first-order valence-corrected chi connectivity index (χ1v) is 13.0. The number of rotatable bonds is 10. The maximum Gasteiger partial charge on any atom is 0.173 e. The van der Waals surface area contributed by atoms with Gasteiger partial charge in [0.2, 0.25) is 0 Å². The van der Waals surface area contributed by atoms with Crippen LogP contribution in [-0.2, 0) is 12.0 Å². The summed E-state index contributed by atoms with van der Waals surface area (Å²) < 4.78 is 25.2. The van der Waals surface area contributed by atoms with Gasteiger partial charge in [-0.05, 0) is 69.4 Å². The molecule has 1 aliphatic rings. The minimum atomic E-state index is -0.450. The number of imidazole rings is 1. The zero-order valence-electron chi connectivity index (χ0n) is 22.4. The number of fused-ring (bicyclic) bond motifs is 1. The maximum absolute atomic E-state index is 8.37. The van der Waals surface area contributed by atoms with Gasteiger partial charge in [-0.3, -0.25) is 5.41 Å². The van der Waals surface area contributed by atoms with E-state index in [9.17, 15) is 0 Å². The quantitative estimate of drug-likeness (QED) is 0.307. The van der Waals surface area contributed by atoms with Crippen LogP contribution >= 0.6 is 0 Å². The molecule has 1 aliphatic carbocycles. The van der Waals surface area contributed by atoms with Crippen LogP contribution in [0.1, 0.15) is 50.9 Å². The highest BCUT2D eigenvalue weighted by atomic mass is 16.5. The largest absolute Gasteiger partial charge is 0.497 e. The molecule has 9 heteroatoms. The van der Waals surface area contributed by atoms with Crippen molar-refractivity contribution in [2.45, 2.75) is 57.6 Å². The Morgan fingerprint density at radius 1 is 1.03 bits per heavy atom. The molecule has 4 aromatic rings. The summed E-state index contributed by atoms with van der Waals surface area (Å²) in [5.74, 6) is 3.69. The van der Waals surface area contributed by atoms with Gasteiger partial charge in [-0.1, -0.05) is 12.1 Å². The first kappa shape index (κ1) is 25.6. The lowest BCUT2D eigenvalue weighted by atomic mass is 9.94. The predicted molar refractivity (Wildman–Crippen MR) is 144 cm³/mol. The maximum atomic E-state index is 8.37. The second-order valence-electron chi connectivity index (χ2n) is 10.4. The first-order chi connectivity index (χ1) is 18.4. The molecule has 5 rings (SSSR count). The lowest BCUT2D eigenvalue weighted by Crippen LogP contribution is -2.27. The molecule has 2 N–H and O–H groups in total. The van der Waals surface area contributed by atoms with Crippen molar-refractivity contribution in [2.24, 2.45) is 0 Å². The summed E-state index contributed by atoms with van der Waals surface area (Å²) in [4.78, 5) is 12.6. The molecule has 200 valence electrons. The second-order valence-corrected chi connectivity index (χ2v) is 10.4. The highest BCUT2D eigenvalue weighted by Gasteiger charge is 2.27. The molecule has 2 aromatic carbocycles. The van der Waals surface area contributed by atoms with E-state index in [1.807, 2.05) is 47.0 Å². The fourth-order valence-electron chi connectivity index (χ4n) is 4.74. The number of nitrogens with one attached hydrogen (secondary N) is 2. The molecule has 2 aromatic heterocycles. The van der Waals surface area contributed by atoms with Gasteiger partial charge in [-0.2, -0.15) is 0 Å². The van der Waals surface area contributed by atoms with E-state index in [1.165, 1.54) is 12.8 Å². The Labute approximate surface area is 222 Å². The van der Waals surface area contributed by atoms with Crippen molar-refractivity contribution in [1.82, 2.24) is 19.5 Å². The number of benzene rings is 2. The molecule has 1 fully saturated rings. The fourth-order valence-corrected chi connectivity index (χ4v) is 4.74. The molecule has 0 saturated heterocycles. The lowest BCUT2D eigenvalue weighted by molar-refractivity contribution is 0.200. The van der Waals surface area contributed by atoms with Gasteiger partial charge in [0.25, 0.3) is 0 Å². The molecule has 0 atom stereocenters. The van der Waals surface area contributed by atoms with Gasteiger partial charge >= 0.3 is 0 Å². The van der Waals surface area contributed by atoms with E-state index in [1.54, 1.807) is 20.5 Å². The van der Waals surface area contributed by atoms with Gasteiger partial charge in [0.05, 0.1) is 38.6 Å². The minimum Gasteiger partial charge on any atom is -0.497 e. The lowest BCUT2D eigenvalue weighted by Gasteiger charge is -2.22. The number of hydrogen-bond acceptors (Lipinski definition) is 7. The average molecular weight is 518 g/mol. The van der Waals surface area contributed by atoms with Gasteiger partial charge in [0, 0.05) is 6.07 Å². The zero-order valence-corrected chi connectivity index (χ0v) is 22.4. The number of nitrogens with zero attached hydrogens (tertiary/aromatic N) is 3. The van der Waals surface area contributed by atoms with Gasteiger partial charge in [0.1, 0.15) is 29.4 Å². The third-order valence-corrected chi connectivity index (χ3v) is 6.98. The van der Waals surface area contributed by atoms with E-state index in [0.29, 0.717) is 24.3 Å². The van der Waals surface area contributed by atoms with Gasteiger partial charge in [-0.25, -0.2) is 9.97 Å². The molecule has 0 aliphatic heterocycles. The fraction of sp³-hybridized carbons (Fsp3) is 0.414. The molecular weight excluding hydrogens is 482 g/mol. The SMILES string of the molecule is COc1cccc(OCC(C)(C)c2nc3c([nH]2)c(=N)ncn3Cc2ccc(OC)c(OC3CCCC3)c2)c1. The number of H-pyrrole nitrogens is 1. The Kier molecular flexibility index (Phi) is 7.26. The Morgan fingerprint density at radius 2 is 1.82 bits per heavy atom. The number of hydrogen-bond donors (Lipinski definition) is 2. The summed E-state index contributed by atoms with van der Waals surface area (Å²) >= 11 is 0. The van der Waals surface area contributed by atoms with Crippen molar-refractivity contribution in [3.63, 3.8) is 0 Å². The van der Waals surface area contributed by atoms with Crippen molar-refractivity contribution in [3.05, 3.63) is 65.7 Å². The second kappa shape index (κ2) is 10.8. The van der Waals surface area contributed by atoms with Crippen molar-refractivity contribution >= 4 is 11.2 Å². The Bertz CT molecular complexity index is 1470. The standard InChI is InChI=1S/C29H35N5O4/c1-29(2,17-37-22-11-7-10-21(15-22)35-3)28-32-25-26(30)31-18-34(27(25)33-28)16-19-12-13-23(36-4)24(14-19)38-20-8-5-6-9-20/h7,10-15,18,20,30H,5-6,8-9,16-17H2,1-4H3,(H,32,33). The Balaban J connectivity index is 1.40. The van der Waals surface area contributed by atoms with Gasteiger partial charge < -0.3 is 28.5 Å². The van der Waals surface area contributed by atoms with Crippen LogP contribution in [0.2, 0.25) is 0 Å². The number of aromatic nitrogens is 4. The molecule has 1 saturated carbocycles. The molecular formula is C29H35N5O4. The van der Waals surface area contributed by atoms with E-state index in [-0.39, 0.29) is 11.6 Å². The number of aromatic amines is 1. The van der Waals surface area contributed by atoms with E-state index >= 15 is 0 Å². The summed E-state index contributed by atoms with van der Waals surface area (Å²) in [6, 6.07) is 13.5. The molecule has 2 heterocycles. The van der Waals surface area contributed by atoms with E-state index < -0.39 is 5.41 Å². The summed E-state index contributed by atoms with van der Waals surface area (Å²) in [7, 11) is 3.30. The number of methoxy groups -OCH3 is 2. The molecule has 0 bridgehead atoms. The van der Waals surface area contributed by atoms with Crippen LogP contribution < -0.4 is 24.4 Å². The third-order valence-electron chi connectivity index (χ3n) is 6.98. The Morgan fingerprint density at radius 3 is 2.58 bits per heavy atom. The van der Waals surface area contributed by atoms with Gasteiger partial charge in [0.15, 0.2) is 22.6 Å². The van der Waals surface area contributed by atoms with Crippen LogP contribution in [0.4, 0.5) is 0 Å². The van der Waals surface area contributed by atoms with Crippen molar-refractivity contribution in [1.29, 1.82) is 5.41 Å². The molecule has 38 heavy (non-hydrogen) atoms. The summed E-state index contributed by atoms with van der Waals surface area (Å²) in [5, 5.41) is 8.37. The van der Waals surface area contributed by atoms with Gasteiger partial charge in [-0.15, -0.1) is 0 Å². The molecule has 0 radical (unpaired) electrons. The van der Waals surface area contributed by atoms with Crippen LogP contribution in [0, 0.1) is 5.41 Å². The van der Waals surface area contributed by atoms with E-state index in [0.717, 1.165) is 47.2 Å². The normalized spacial score (nSPS) is 14.1. The topological polar surface area (TPSA) is 107 Å². The summed E-state index contributed by atoms with van der Waals surface area (Å²) in [6.07, 6.45) is 6.45. The van der Waals surface area contributed by atoms with Crippen molar-refractivity contribution in [2.75, 3.05) is 20.8 Å². The minimum absolute atomic E-state index is 0.152. The Hall–Kier alpha value is -4.01. The first-order valence-electron chi connectivity index (χ1n) is 13.0. The summed E-state index contributed by atoms with van der Waals surface area (Å²) in [6.45, 7) is 5.03. The zero-order chi connectivity index (χ0) is 26.7. The van der Waals surface area contributed by atoms with Crippen LogP contribution in [-0.4, -0.2) is 46.4 Å². The molecule has 0 amide bonds. The van der Waals surface area contributed by atoms with Crippen molar-refractivity contribution in [3.8, 4) is 23.0 Å². The van der Waals surface area contributed by atoms with E-state index in [4.69, 9.17) is 29.3 Å². The highest BCUT2D eigenvalue weighted by molar-refractivity contribution is 5.69. The van der Waals surface area contributed by atoms with Crippen molar-refractivity contribution < 1.29 is 18.9 Å². The monoisotopic (exact) mass is 517 g/mol. The highest BCUT2D eigenvalue weighted by Crippen LogP contribution is 2.33. The van der Waals surface area contributed by atoms with Crippen LogP contribution in [0.5, 0.6) is 23.0 Å². The molecule has 0 unspecified atom stereocenters.